The van der Waals surface area contributed by atoms with Gasteiger partial charge in [-0.15, -0.1) is 0 Å². The number of ether oxygens (including phenoxy) is 1. The highest BCUT2D eigenvalue weighted by molar-refractivity contribution is 5.98. The molecular formula is C19H19N3O4. The first kappa shape index (κ1) is 18.8. The van der Waals surface area contributed by atoms with E-state index >= 15 is 0 Å². The lowest BCUT2D eigenvalue weighted by Gasteiger charge is -2.11. The van der Waals surface area contributed by atoms with E-state index < -0.39 is 18.5 Å². The summed E-state index contributed by atoms with van der Waals surface area (Å²) in [5.74, 6) is -0.747. The van der Waals surface area contributed by atoms with Gasteiger partial charge in [0.25, 0.3) is 5.91 Å². The minimum atomic E-state index is -0.850. The average molecular weight is 353 g/mol. The molecule has 0 spiro atoms. The maximum absolute atomic E-state index is 12.0. The van der Waals surface area contributed by atoms with Crippen LogP contribution in [0.1, 0.15) is 11.3 Å². The molecule has 1 N–H and O–H groups in total. The number of furan rings is 1. The van der Waals surface area contributed by atoms with Crippen molar-refractivity contribution in [1.82, 2.24) is 5.32 Å². The molecule has 0 unspecified atom stereocenters. The molecule has 1 amide bonds. The van der Waals surface area contributed by atoms with Gasteiger partial charge >= 0.3 is 5.97 Å². The number of nitrogens with one attached hydrogen (secondary N) is 1. The lowest BCUT2D eigenvalue weighted by atomic mass is 10.1. The number of rotatable bonds is 7. The molecule has 0 saturated carbocycles. The van der Waals surface area contributed by atoms with Crippen LogP contribution < -0.4 is 10.2 Å². The zero-order chi connectivity index (χ0) is 18.9. The molecule has 7 nitrogen and oxygen atoms in total. The topological polar surface area (TPSA) is 95.6 Å². The van der Waals surface area contributed by atoms with Gasteiger partial charge < -0.3 is 19.4 Å². The number of hydrogen-bond acceptors (Lipinski definition) is 6. The van der Waals surface area contributed by atoms with Crippen molar-refractivity contribution in [1.29, 1.82) is 5.26 Å². The van der Waals surface area contributed by atoms with E-state index in [-0.39, 0.29) is 12.1 Å². The molecule has 2 aromatic rings. The monoisotopic (exact) mass is 353 g/mol. The summed E-state index contributed by atoms with van der Waals surface area (Å²) in [6, 6.07) is 12.5. The zero-order valence-corrected chi connectivity index (χ0v) is 14.6. The number of nitrogens with zero attached hydrogens (tertiary/aromatic N) is 2. The molecular weight excluding hydrogens is 334 g/mol. The highest BCUT2D eigenvalue weighted by Crippen LogP contribution is 2.15. The van der Waals surface area contributed by atoms with Crippen LogP contribution in [0.15, 0.2) is 52.7 Å². The Morgan fingerprint density at radius 2 is 2.00 bits per heavy atom. The maximum Gasteiger partial charge on any atom is 0.349 e. The Bertz CT molecular complexity index is 815. The molecule has 1 heterocycles. The Labute approximate surface area is 151 Å². The van der Waals surface area contributed by atoms with Crippen molar-refractivity contribution in [2.45, 2.75) is 6.54 Å². The number of carbonyl (C=O) groups is 2. The van der Waals surface area contributed by atoms with Crippen LogP contribution in [0.4, 0.5) is 5.69 Å². The van der Waals surface area contributed by atoms with E-state index in [4.69, 9.17) is 14.4 Å². The fraction of sp³-hybridized carbons (Fsp3) is 0.211. The second-order valence-electron chi connectivity index (χ2n) is 5.59. The predicted molar refractivity (Wildman–Crippen MR) is 95.9 cm³/mol. The fourth-order valence-corrected chi connectivity index (χ4v) is 2.03. The van der Waals surface area contributed by atoms with Crippen molar-refractivity contribution in [3.63, 3.8) is 0 Å². The van der Waals surface area contributed by atoms with Gasteiger partial charge in [-0.3, -0.25) is 4.79 Å². The quantitative estimate of drug-likeness (QED) is 0.465. The van der Waals surface area contributed by atoms with Crippen LogP contribution in [0.25, 0.3) is 6.08 Å². The summed E-state index contributed by atoms with van der Waals surface area (Å²) in [5, 5.41) is 11.7. The van der Waals surface area contributed by atoms with Crippen molar-refractivity contribution >= 4 is 23.6 Å². The first-order chi connectivity index (χ1) is 12.5. The maximum atomic E-state index is 12.0. The Hall–Kier alpha value is -3.53. The minimum absolute atomic E-state index is 0.179. The summed E-state index contributed by atoms with van der Waals surface area (Å²) < 4.78 is 9.96. The van der Waals surface area contributed by atoms with Crippen molar-refractivity contribution in [3.8, 4) is 6.07 Å². The van der Waals surface area contributed by atoms with Gasteiger partial charge in [0.15, 0.2) is 6.61 Å². The first-order valence-corrected chi connectivity index (χ1v) is 7.85. The third-order valence-electron chi connectivity index (χ3n) is 3.44. The number of hydrogen-bond donors (Lipinski definition) is 1. The first-order valence-electron chi connectivity index (χ1n) is 7.85. The number of benzene rings is 1. The van der Waals surface area contributed by atoms with Crippen LogP contribution in [-0.2, 0) is 20.9 Å². The van der Waals surface area contributed by atoms with E-state index in [1.54, 1.807) is 30.3 Å². The molecule has 0 aliphatic heterocycles. The molecule has 0 saturated heterocycles. The highest BCUT2D eigenvalue weighted by atomic mass is 16.5. The van der Waals surface area contributed by atoms with E-state index in [2.05, 4.69) is 5.32 Å². The molecule has 7 heteroatoms. The lowest BCUT2D eigenvalue weighted by Crippen LogP contribution is -2.28. The third-order valence-corrected chi connectivity index (χ3v) is 3.44. The molecule has 134 valence electrons. The number of esters is 1. The third kappa shape index (κ3) is 5.53. The van der Waals surface area contributed by atoms with Crippen LogP contribution in [0.2, 0.25) is 0 Å². The summed E-state index contributed by atoms with van der Waals surface area (Å²) in [7, 11) is 3.83. The van der Waals surface area contributed by atoms with Gasteiger partial charge in [-0.25, -0.2) is 4.79 Å². The Kier molecular flexibility index (Phi) is 6.57. The SMILES string of the molecule is CN(C)c1ccc(/C=C(\C#N)C(=O)OCC(=O)NCc2ccco2)cc1. The van der Waals surface area contributed by atoms with E-state index in [1.807, 2.05) is 31.1 Å². The summed E-state index contributed by atoms with van der Waals surface area (Å²) in [6.07, 6.45) is 2.92. The largest absolute Gasteiger partial charge is 0.467 e. The summed E-state index contributed by atoms with van der Waals surface area (Å²) in [4.78, 5) is 25.6. The van der Waals surface area contributed by atoms with Gasteiger partial charge in [0.1, 0.15) is 17.4 Å². The molecule has 0 radical (unpaired) electrons. The van der Waals surface area contributed by atoms with Gasteiger partial charge in [0.05, 0.1) is 12.8 Å². The molecule has 0 fully saturated rings. The number of nitriles is 1. The van der Waals surface area contributed by atoms with Crippen LogP contribution in [0, 0.1) is 11.3 Å². The Morgan fingerprint density at radius 3 is 2.58 bits per heavy atom. The molecule has 0 atom stereocenters. The van der Waals surface area contributed by atoms with Gasteiger partial charge in [0.2, 0.25) is 0 Å². The number of amides is 1. The standard InChI is InChI=1S/C19H19N3O4/c1-22(2)16-7-5-14(6-8-16)10-15(11-20)19(24)26-13-18(23)21-12-17-4-3-9-25-17/h3-10H,12-13H2,1-2H3,(H,21,23)/b15-10+. The van der Waals surface area contributed by atoms with Gasteiger partial charge in [-0.1, -0.05) is 12.1 Å². The van der Waals surface area contributed by atoms with Crippen LogP contribution in [-0.4, -0.2) is 32.6 Å². The number of carbonyl (C=O) groups excluding carboxylic acids is 2. The van der Waals surface area contributed by atoms with E-state index in [1.165, 1.54) is 12.3 Å². The Morgan fingerprint density at radius 1 is 1.27 bits per heavy atom. The van der Waals surface area contributed by atoms with E-state index in [0.29, 0.717) is 11.3 Å². The minimum Gasteiger partial charge on any atom is -0.467 e. The molecule has 1 aromatic heterocycles. The van der Waals surface area contributed by atoms with Crippen LogP contribution in [0.3, 0.4) is 0 Å². The van der Waals surface area contributed by atoms with Gasteiger partial charge in [-0.05, 0) is 35.9 Å². The van der Waals surface area contributed by atoms with Crippen LogP contribution >= 0.6 is 0 Å². The summed E-state index contributed by atoms with van der Waals surface area (Å²) in [5.41, 5.74) is 1.50. The molecule has 26 heavy (non-hydrogen) atoms. The molecule has 1 aromatic carbocycles. The van der Waals surface area contributed by atoms with Crippen molar-refractivity contribution in [2.75, 3.05) is 25.6 Å². The molecule has 0 aliphatic rings. The van der Waals surface area contributed by atoms with Gasteiger partial charge in [0, 0.05) is 19.8 Å². The summed E-state index contributed by atoms with van der Waals surface area (Å²) >= 11 is 0. The molecule has 0 aliphatic carbocycles. The highest BCUT2D eigenvalue weighted by Gasteiger charge is 2.13. The zero-order valence-electron chi connectivity index (χ0n) is 14.6. The smallest absolute Gasteiger partial charge is 0.349 e. The normalized spacial score (nSPS) is 10.7. The second kappa shape index (κ2) is 9.08. The number of anilines is 1. The summed E-state index contributed by atoms with van der Waals surface area (Å²) in [6.45, 7) is -0.277. The van der Waals surface area contributed by atoms with E-state index in [9.17, 15) is 9.59 Å². The second-order valence-corrected chi connectivity index (χ2v) is 5.59. The van der Waals surface area contributed by atoms with Crippen molar-refractivity contribution in [2.24, 2.45) is 0 Å². The van der Waals surface area contributed by atoms with Crippen molar-refractivity contribution < 1.29 is 18.7 Å². The van der Waals surface area contributed by atoms with Crippen LogP contribution in [0.5, 0.6) is 0 Å². The molecule has 0 bridgehead atoms. The predicted octanol–water partition coefficient (Wildman–Crippen LogP) is 2.11. The fourth-order valence-electron chi connectivity index (χ4n) is 2.03. The van der Waals surface area contributed by atoms with Gasteiger partial charge in [-0.2, -0.15) is 5.26 Å². The molecule has 2 rings (SSSR count). The van der Waals surface area contributed by atoms with E-state index in [0.717, 1.165) is 5.69 Å². The Balaban J connectivity index is 1.89. The lowest BCUT2D eigenvalue weighted by molar-refractivity contribution is -0.144. The van der Waals surface area contributed by atoms with Crippen molar-refractivity contribution in [3.05, 3.63) is 59.6 Å². The average Bonchev–Trinajstić information content (AvgIpc) is 3.16.